The summed E-state index contributed by atoms with van der Waals surface area (Å²) in [6.07, 6.45) is 3.51. The van der Waals surface area contributed by atoms with Crippen molar-refractivity contribution in [3.8, 4) is 11.5 Å². The number of fused-ring (bicyclic) bond motifs is 1. The summed E-state index contributed by atoms with van der Waals surface area (Å²) >= 11 is 0. The third kappa shape index (κ3) is 2.09. The molecule has 1 unspecified atom stereocenters. The molecule has 0 aliphatic carbocycles. The standard InChI is InChI=1S/C16H14O3/c1-18-14-8-6-13(7-9-14)16(17)11-10-12-4-2-3-5-15(12)19-16/h2-11,17H,1H3. The van der Waals surface area contributed by atoms with Crippen LogP contribution in [0.2, 0.25) is 0 Å². The fraction of sp³-hybridized carbons (Fsp3) is 0.125. The number of ether oxygens (including phenoxy) is 2. The van der Waals surface area contributed by atoms with E-state index in [4.69, 9.17) is 9.47 Å². The minimum Gasteiger partial charge on any atom is -0.497 e. The summed E-state index contributed by atoms with van der Waals surface area (Å²) < 4.78 is 10.8. The molecule has 96 valence electrons. The molecule has 0 saturated carbocycles. The fourth-order valence-corrected chi connectivity index (χ4v) is 2.10. The Morgan fingerprint density at radius 1 is 1.05 bits per heavy atom. The van der Waals surface area contributed by atoms with Gasteiger partial charge in [0.1, 0.15) is 11.5 Å². The first kappa shape index (κ1) is 11.8. The molecule has 1 atom stereocenters. The molecule has 0 spiro atoms. The number of rotatable bonds is 2. The van der Waals surface area contributed by atoms with Crippen LogP contribution in [0.3, 0.4) is 0 Å². The van der Waals surface area contributed by atoms with E-state index >= 15 is 0 Å². The van der Waals surface area contributed by atoms with Gasteiger partial charge in [0.25, 0.3) is 5.79 Å². The van der Waals surface area contributed by atoms with Gasteiger partial charge >= 0.3 is 0 Å². The Hall–Kier alpha value is -2.26. The van der Waals surface area contributed by atoms with Crippen LogP contribution in [0, 0.1) is 0 Å². The number of aliphatic hydroxyl groups is 1. The lowest BCUT2D eigenvalue weighted by molar-refractivity contribution is -0.103. The first-order valence-corrected chi connectivity index (χ1v) is 6.05. The largest absolute Gasteiger partial charge is 0.497 e. The van der Waals surface area contributed by atoms with Gasteiger partial charge in [-0.05, 0) is 42.5 Å². The zero-order valence-electron chi connectivity index (χ0n) is 10.5. The minimum absolute atomic E-state index is 0.666. The molecular weight excluding hydrogens is 240 g/mol. The van der Waals surface area contributed by atoms with Crippen LogP contribution in [0.5, 0.6) is 11.5 Å². The van der Waals surface area contributed by atoms with Crippen molar-refractivity contribution >= 4 is 6.08 Å². The second-order valence-electron chi connectivity index (χ2n) is 4.40. The number of methoxy groups -OCH3 is 1. The van der Waals surface area contributed by atoms with Crippen molar-refractivity contribution < 1.29 is 14.6 Å². The van der Waals surface area contributed by atoms with E-state index in [0.29, 0.717) is 11.3 Å². The molecule has 0 fully saturated rings. The summed E-state index contributed by atoms with van der Waals surface area (Å²) in [5.41, 5.74) is 1.62. The molecule has 0 aromatic heterocycles. The second-order valence-corrected chi connectivity index (χ2v) is 4.40. The lowest BCUT2D eigenvalue weighted by Gasteiger charge is -2.30. The van der Waals surface area contributed by atoms with Gasteiger partial charge in [0.2, 0.25) is 0 Å². The van der Waals surface area contributed by atoms with E-state index in [1.54, 1.807) is 37.5 Å². The van der Waals surface area contributed by atoms with Gasteiger partial charge in [0, 0.05) is 11.1 Å². The summed E-state index contributed by atoms with van der Waals surface area (Å²) in [7, 11) is 1.61. The van der Waals surface area contributed by atoms with Crippen molar-refractivity contribution in [2.45, 2.75) is 5.79 Å². The molecule has 1 aliphatic rings. The second kappa shape index (κ2) is 4.44. The fourth-order valence-electron chi connectivity index (χ4n) is 2.10. The molecule has 3 heteroatoms. The maximum Gasteiger partial charge on any atom is 0.255 e. The van der Waals surface area contributed by atoms with Crippen molar-refractivity contribution in [3.63, 3.8) is 0 Å². The lowest BCUT2D eigenvalue weighted by atomic mass is 10.0. The van der Waals surface area contributed by atoms with E-state index in [9.17, 15) is 5.11 Å². The Morgan fingerprint density at radius 2 is 1.79 bits per heavy atom. The van der Waals surface area contributed by atoms with Crippen LogP contribution in [0.1, 0.15) is 11.1 Å². The van der Waals surface area contributed by atoms with Gasteiger partial charge in [-0.15, -0.1) is 0 Å². The number of hydrogen-bond acceptors (Lipinski definition) is 3. The molecule has 0 amide bonds. The normalized spacial score (nSPS) is 20.5. The van der Waals surface area contributed by atoms with E-state index < -0.39 is 5.79 Å². The highest BCUT2D eigenvalue weighted by atomic mass is 16.6. The maximum absolute atomic E-state index is 10.6. The highest BCUT2D eigenvalue weighted by Crippen LogP contribution is 2.35. The third-order valence-corrected chi connectivity index (χ3v) is 3.18. The SMILES string of the molecule is COc1ccc(C2(O)C=Cc3ccccc3O2)cc1. The zero-order chi connectivity index (χ0) is 13.3. The van der Waals surface area contributed by atoms with E-state index in [1.165, 1.54) is 0 Å². The van der Waals surface area contributed by atoms with E-state index in [2.05, 4.69) is 0 Å². The number of para-hydroxylation sites is 1. The highest BCUT2D eigenvalue weighted by Gasteiger charge is 2.31. The van der Waals surface area contributed by atoms with Gasteiger partial charge in [-0.2, -0.15) is 0 Å². The summed E-state index contributed by atoms with van der Waals surface area (Å²) in [5.74, 6) is -0.0171. The average Bonchev–Trinajstić information content (AvgIpc) is 2.47. The molecule has 2 aromatic carbocycles. The molecule has 19 heavy (non-hydrogen) atoms. The maximum atomic E-state index is 10.6. The zero-order valence-corrected chi connectivity index (χ0v) is 10.5. The third-order valence-electron chi connectivity index (χ3n) is 3.18. The number of benzene rings is 2. The first-order valence-electron chi connectivity index (χ1n) is 6.05. The van der Waals surface area contributed by atoms with E-state index in [0.717, 1.165) is 11.3 Å². The van der Waals surface area contributed by atoms with Gasteiger partial charge in [-0.1, -0.05) is 18.2 Å². The Kier molecular flexibility index (Phi) is 2.76. The van der Waals surface area contributed by atoms with Crippen molar-refractivity contribution in [1.29, 1.82) is 0 Å². The van der Waals surface area contributed by atoms with Crippen LogP contribution in [0.15, 0.2) is 54.6 Å². The van der Waals surface area contributed by atoms with Crippen LogP contribution in [-0.4, -0.2) is 12.2 Å². The van der Waals surface area contributed by atoms with Crippen molar-refractivity contribution in [2.24, 2.45) is 0 Å². The summed E-state index contributed by atoms with van der Waals surface area (Å²) in [4.78, 5) is 0. The summed E-state index contributed by atoms with van der Waals surface area (Å²) in [6.45, 7) is 0. The molecule has 0 saturated heterocycles. The quantitative estimate of drug-likeness (QED) is 0.895. The van der Waals surface area contributed by atoms with Crippen LogP contribution in [0.4, 0.5) is 0 Å². The van der Waals surface area contributed by atoms with Crippen molar-refractivity contribution in [3.05, 3.63) is 65.7 Å². The van der Waals surface area contributed by atoms with Crippen molar-refractivity contribution in [2.75, 3.05) is 7.11 Å². The minimum atomic E-state index is -1.43. The van der Waals surface area contributed by atoms with Gasteiger partial charge in [-0.25, -0.2) is 0 Å². The predicted molar refractivity (Wildman–Crippen MR) is 73.0 cm³/mol. The Labute approximate surface area is 111 Å². The van der Waals surface area contributed by atoms with E-state index in [-0.39, 0.29) is 0 Å². The Balaban J connectivity index is 1.97. The van der Waals surface area contributed by atoms with Gasteiger partial charge in [-0.3, -0.25) is 0 Å². The highest BCUT2D eigenvalue weighted by molar-refractivity contribution is 5.61. The van der Waals surface area contributed by atoms with Crippen LogP contribution in [0.25, 0.3) is 6.08 Å². The Bertz CT molecular complexity index is 616. The van der Waals surface area contributed by atoms with Crippen LogP contribution < -0.4 is 9.47 Å². The summed E-state index contributed by atoms with van der Waals surface area (Å²) in [5, 5.41) is 10.6. The molecule has 1 heterocycles. The monoisotopic (exact) mass is 254 g/mol. The van der Waals surface area contributed by atoms with Crippen LogP contribution >= 0.6 is 0 Å². The lowest BCUT2D eigenvalue weighted by Crippen LogP contribution is -2.32. The molecule has 1 aliphatic heterocycles. The predicted octanol–water partition coefficient (Wildman–Crippen LogP) is 2.95. The van der Waals surface area contributed by atoms with Gasteiger partial charge in [0.05, 0.1) is 7.11 Å². The van der Waals surface area contributed by atoms with E-state index in [1.807, 2.05) is 30.3 Å². The Morgan fingerprint density at radius 3 is 2.53 bits per heavy atom. The van der Waals surface area contributed by atoms with Gasteiger partial charge < -0.3 is 14.6 Å². The molecule has 1 N–H and O–H groups in total. The molecule has 0 radical (unpaired) electrons. The van der Waals surface area contributed by atoms with Crippen LogP contribution in [-0.2, 0) is 5.79 Å². The first-order chi connectivity index (χ1) is 9.21. The van der Waals surface area contributed by atoms with Crippen molar-refractivity contribution in [1.82, 2.24) is 0 Å². The molecule has 3 nitrogen and oxygen atoms in total. The summed E-state index contributed by atoms with van der Waals surface area (Å²) in [6, 6.07) is 14.8. The molecule has 3 rings (SSSR count). The molecule has 2 aromatic rings. The van der Waals surface area contributed by atoms with Gasteiger partial charge in [0.15, 0.2) is 0 Å². The molecular formula is C16H14O3. The molecule has 0 bridgehead atoms. The smallest absolute Gasteiger partial charge is 0.255 e. The average molecular weight is 254 g/mol. The number of hydrogen-bond donors (Lipinski definition) is 1. The topological polar surface area (TPSA) is 38.7 Å².